The van der Waals surface area contributed by atoms with Crippen LogP contribution in [0, 0.1) is 5.92 Å². The third kappa shape index (κ3) is 5.97. The number of hydrogen-bond acceptors (Lipinski definition) is 6. The zero-order chi connectivity index (χ0) is 25.1. The van der Waals surface area contributed by atoms with Gasteiger partial charge in [0.15, 0.2) is 5.76 Å². The summed E-state index contributed by atoms with van der Waals surface area (Å²) in [6, 6.07) is 21.2. The monoisotopic (exact) mass is 511 g/mol. The van der Waals surface area contributed by atoms with Gasteiger partial charge in [-0.15, -0.1) is 0 Å². The summed E-state index contributed by atoms with van der Waals surface area (Å²) in [7, 11) is -7.54. The van der Waals surface area contributed by atoms with Crippen LogP contribution in [0.1, 0.15) is 13.8 Å². The maximum atomic E-state index is 12.8. The Balaban J connectivity index is 1.46. The molecule has 0 atom stereocenters. The Bertz CT molecular complexity index is 1500. The lowest BCUT2D eigenvalue weighted by molar-refractivity contribution is 0.560. The van der Waals surface area contributed by atoms with Crippen molar-refractivity contribution in [1.29, 1.82) is 0 Å². The number of nitrogens with one attached hydrogen (secondary N) is 2. The lowest BCUT2D eigenvalue weighted by Gasteiger charge is -2.11. The molecule has 1 heterocycles. The first-order valence-electron chi connectivity index (χ1n) is 10.9. The predicted octanol–water partition coefficient (Wildman–Crippen LogP) is 4.74. The number of nitrogens with zero attached hydrogens (tertiary/aromatic N) is 1. The molecule has 0 aliphatic heterocycles. The SMILES string of the molecule is CC(C)CNS(=O)(=O)c1ccc(NS(=O)(=O)c2ccc(-c3ncc(-c4ccccc4)o3)cc2)cc1. The summed E-state index contributed by atoms with van der Waals surface area (Å²) >= 11 is 0. The Labute approximate surface area is 205 Å². The summed E-state index contributed by atoms with van der Waals surface area (Å²) in [6.45, 7) is 4.12. The Hall–Kier alpha value is -3.47. The highest BCUT2D eigenvalue weighted by atomic mass is 32.2. The van der Waals surface area contributed by atoms with Crippen LogP contribution in [-0.4, -0.2) is 28.4 Å². The number of rotatable bonds is 9. The van der Waals surface area contributed by atoms with Crippen molar-refractivity contribution in [2.45, 2.75) is 23.6 Å². The first kappa shape index (κ1) is 24.6. The minimum Gasteiger partial charge on any atom is -0.436 e. The lowest BCUT2D eigenvalue weighted by Crippen LogP contribution is -2.27. The maximum absolute atomic E-state index is 12.8. The van der Waals surface area contributed by atoms with Crippen molar-refractivity contribution in [3.05, 3.63) is 85.1 Å². The van der Waals surface area contributed by atoms with Crippen LogP contribution in [0.2, 0.25) is 0 Å². The van der Waals surface area contributed by atoms with Gasteiger partial charge in [0.1, 0.15) is 0 Å². The Morgan fingerprint density at radius 3 is 2.00 bits per heavy atom. The second-order valence-corrected chi connectivity index (χ2v) is 11.7. The molecule has 0 saturated carbocycles. The summed E-state index contributed by atoms with van der Waals surface area (Å²) in [5.74, 6) is 1.16. The van der Waals surface area contributed by atoms with E-state index in [-0.39, 0.29) is 21.4 Å². The van der Waals surface area contributed by atoms with E-state index in [1.807, 2.05) is 44.2 Å². The largest absolute Gasteiger partial charge is 0.436 e. The molecule has 0 radical (unpaired) electrons. The zero-order valence-corrected chi connectivity index (χ0v) is 20.8. The molecule has 35 heavy (non-hydrogen) atoms. The van der Waals surface area contributed by atoms with Crippen LogP contribution in [0.15, 0.2) is 99.3 Å². The number of anilines is 1. The molecule has 4 aromatic rings. The zero-order valence-electron chi connectivity index (χ0n) is 19.2. The number of hydrogen-bond donors (Lipinski definition) is 2. The van der Waals surface area contributed by atoms with E-state index in [9.17, 15) is 16.8 Å². The van der Waals surface area contributed by atoms with Gasteiger partial charge in [-0.05, 0) is 54.4 Å². The predicted molar refractivity (Wildman–Crippen MR) is 135 cm³/mol. The Morgan fingerprint density at radius 1 is 0.771 bits per heavy atom. The summed E-state index contributed by atoms with van der Waals surface area (Å²) in [4.78, 5) is 4.40. The standard InChI is InChI=1S/C25H25N3O5S2/c1-18(2)16-27-34(29,30)22-14-10-21(11-15-22)28-35(31,32)23-12-8-20(9-13-23)25-26-17-24(33-25)19-6-4-3-5-7-19/h3-15,17-18,27-28H,16H2,1-2H3. The van der Waals surface area contributed by atoms with Gasteiger partial charge in [-0.2, -0.15) is 0 Å². The molecule has 0 bridgehead atoms. The van der Waals surface area contributed by atoms with Gasteiger partial charge in [-0.25, -0.2) is 26.5 Å². The van der Waals surface area contributed by atoms with Gasteiger partial charge in [-0.3, -0.25) is 4.72 Å². The van der Waals surface area contributed by atoms with Gasteiger partial charge in [0, 0.05) is 23.4 Å². The van der Waals surface area contributed by atoms with Gasteiger partial charge in [0.05, 0.1) is 16.0 Å². The molecule has 0 unspecified atom stereocenters. The van der Waals surface area contributed by atoms with Gasteiger partial charge in [-0.1, -0.05) is 44.2 Å². The molecule has 0 aliphatic carbocycles. The molecule has 0 amide bonds. The van der Waals surface area contributed by atoms with Crippen molar-refractivity contribution in [1.82, 2.24) is 9.71 Å². The fraction of sp³-hybridized carbons (Fsp3) is 0.160. The van der Waals surface area contributed by atoms with Crippen molar-refractivity contribution >= 4 is 25.7 Å². The van der Waals surface area contributed by atoms with Crippen LogP contribution in [0.25, 0.3) is 22.8 Å². The second kappa shape index (κ2) is 10.0. The van der Waals surface area contributed by atoms with Crippen LogP contribution < -0.4 is 9.44 Å². The van der Waals surface area contributed by atoms with E-state index >= 15 is 0 Å². The van der Waals surface area contributed by atoms with E-state index in [1.165, 1.54) is 36.4 Å². The first-order valence-corrected chi connectivity index (χ1v) is 13.8. The van der Waals surface area contributed by atoms with Crippen molar-refractivity contribution in [3.8, 4) is 22.8 Å². The second-order valence-electron chi connectivity index (χ2n) is 8.30. The molecule has 1 aromatic heterocycles. The molecule has 0 fully saturated rings. The van der Waals surface area contributed by atoms with Gasteiger partial charge in [0.25, 0.3) is 10.0 Å². The normalized spacial score (nSPS) is 12.1. The van der Waals surface area contributed by atoms with E-state index in [4.69, 9.17) is 4.42 Å². The van der Waals surface area contributed by atoms with E-state index in [1.54, 1.807) is 18.3 Å². The minimum absolute atomic E-state index is 0.0476. The quantitative estimate of drug-likeness (QED) is 0.335. The summed E-state index contributed by atoms with van der Waals surface area (Å²) in [5.41, 5.74) is 1.77. The average molecular weight is 512 g/mol. The third-order valence-electron chi connectivity index (χ3n) is 5.07. The van der Waals surface area contributed by atoms with E-state index in [0.717, 1.165) is 5.56 Å². The highest BCUT2D eigenvalue weighted by molar-refractivity contribution is 7.92. The molecule has 0 spiro atoms. The third-order valence-corrected chi connectivity index (χ3v) is 7.91. The molecule has 182 valence electrons. The summed E-state index contributed by atoms with van der Waals surface area (Å²) in [6.07, 6.45) is 1.62. The number of aromatic nitrogens is 1. The molecular weight excluding hydrogens is 486 g/mol. The van der Waals surface area contributed by atoms with Crippen LogP contribution >= 0.6 is 0 Å². The molecular formula is C25H25N3O5S2. The van der Waals surface area contributed by atoms with Gasteiger partial charge >= 0.3 is 0 Å². The first-order chi connectivity index (χ1) is 16.6. The van der Waals surface area contributed by atoms with Crippen LogP contribution in [0.4, 0.5) is 5.69 Å². The highest BCUT2D eigenvalue weighted by Crippen LogP contribution is 2.27. The maximum Gasteiger partial charge on any atom is 0.261 e. The van der Waals surface area contributed by atoms with Crippen LogP contribution in [-0.2, 0) is 20.0 Å². The molecule has 0 aliphatic rings. The average Bonchev–Trinajstić information content (AvgIpc) is 3.34. The van der Waals surface area contributed by atoms with Gasteiger partial charge in [0.2, 0.25) is 15.9 Å². The number of benzene rings is 3. The van der Waals surface area contributed by atoms with Crippen molar-refractivity contribution in [2.75, 3.05) is 11.3 Å². The molecule has 8 nitrogen and oxygen atoms in total. The number of oxazole rings is 1. The fourth-order valence-electron chi connectivity index (χ4n) is 3.20. The fourth-order valence-corrected chi connectivity index (χ4v) is 5.47. The van der Waals surface area contributed by atoms with Crippen LogP contribution in [0.3, 0.4) is 0 Å². The molecule has 10 heteroatoms. The molecule has 4 rings (SSSR count). The van der Waals surface area contributed by atoms with Crippen molar-refractivity contribution in [2.24, 2.45) is 5.92 Å². The topological polar surface area (TPSA) is 118 Å². The molecule has 2 N–H and O–H groups in total. The summed E-state index contributed by atoms with van der Waals surface area (Å²) in [5, 5.41) is 0. The smallest absolute Gasteiger partial charge is 0.261 e. The highest BCUT2D eigenvalue weighted by Gasteiger charge is 2.18. The molecule has 3 aromatic carbocycles. The van der Waals surface area contributed by atoms with E-state index < -0.39 is 20.0 Å². The summed E-state index contributed by atoms with van der Waals surface area (Å²) < 4.78 is 61.1. The Morgan fingerprint density at radius 2 is 1.37 bits per heavy atom. The van der Waals surface area contributed by atoms with Crippen molar-refractivity contribution < 1.29 is 21.3 Å². The number of sulfonamides is 2. The van der Waals surface area contributed by atoms with E-state index in [2.05, 4.69) is 14.4 Å². The van der Waals surface area contributed by atoms with Crippen molar-refractivity contribution in [3.63, 3.8) is 0 Å². The van der Waals surface area contributed by atoms with E-state index in [0.29, 0.717) is 23.8 Å². The van der Waals surface area contributed by atoms with Crippen LogP contribution in [0.5, 0.6) is 0 Å². The Kier molecular flexibility index (Phi) is 7.06. The molecule has 0 saturated heterocycles. The van der Waals surface area contributed by atoms with Gasteiger partial charge < -0.3 is 4.42 Å². The lowest BCUT2D eigenvalue weighted by atomic mass is 10.2. The minimum atomic E-state index is -3.89.